The molecule has 0 spiro atoms. The van der Waals surface area contributed by atoms with Gasteiger partial charge in [-0.1, -0.05) is 0 Å². The summed E-state index contributed by atoms with van der Waals surface area (Å²) in [6, 6.07) is -0.133. The lowest BCUT2D eigenvalue weighted by molar-refractivity contribution is -0.120. The van der Waals surface area contributed by atoms with Crippen molar-refractivity contribution in [1.29, 1.82) is 0 Å². The van der Waals surface area contributed by atoms with Gasteiger partial charge in [0, 0.05) is 39.6 Å². The normalized spacial score (nSPS) is 21.3. The summed E-state index contributed by atoms with van der Waals surface area (Å²) in [5.41, 5.74) is 0. The molecule has 1 aliphatic heterocycles. The summed E-state index contributed by atoms with van der Waals surface area (Å²) in [5.74, 6) is -0.0804. The van der Waals surface area contributed by atoms with E-state index >= 15 is 0 Å². The highest BCUT2D eigenvalue weighted by Gasteiger charge is 2.18. The van der Waals surface area contributed by atoms with E-state index in [1.807, 2.05) is 0 Å². The SMILES string of the molecule is CC(=O)N[C@@H](CO)CN1CCN(C)CC1. The van der Waals surface area contributed by atoms with Crippen LogP contribution in [0, 0.1) is 0 Å². The number of aliphatic hydroxyl groups excluding tert-OH is 1. The number of piperazine rings is 1. The molecular formula is C10H21N3O2. The zero-order chi connectivity index (χ0) is 11.3. The number of aliphatic hydroxyl groups is 1. The van der Waals surface area contributed by atoms with Crippen molar-refractivity contribution in [3.63, 3.8) is 0 Å². The fourth-order valence-electron chi connectivity index (χ4n) is 1.78. The van der Waals surface area contributed by atoms with Gasteiger partial charge in [-0.05, 0) is 7.05 Å². The lowest BCUT2D eigenvalue weighted by Crippen LogP contribution is -2.51. The predicted octanol–water partition coefficient (Wildman–Crippen LogP) is -1.27. The molecule has 88 valence electrons. The third-order valence-corrected chi connectivity index (χ3v) is 2.70. The van der Waals surface area contributed by atoms with Gasteiger partial charge in [-0.25, -0.2) is 0 Å². The number of hydrogen-bond donors (Lipinski definition) is 2. The van der Waals surface area contributed by atoms with Crippen LogP contribution in [-0.2, 0) is 4.79 Å². The molecule has 0 unspecified atom stereocenters. The summed E-state index contributed by atoms with van der Waals surface area (Å²) in [7, 11) is 2.11. The maximum absolute atomic E-state index is 10.9. The minimum absolute atomic E-state index is 0.00587. The Hall–Kier alpha value is -0.650. The number of carbonyl (C=O) groups excluding carboxylic acids is 1. The first-order valence-corrected chi connectivity index (χ1v) is 5.40. The molecular weight excluding hydrogens is 194 g/mol. The third-order valence-electron chi connectivity index (χ3n) is 2.70. The smallest absolute Gasteiger partial charge is 0.217 e. The molecule has 1 saturated heterocycles. The van der Waals surface area contributed by atoms with Gasteiger partial charge in [-0.2, -0.15) is 0 Å². The third kappa shape index (κ3) is 4.59. The molecule has 5 heteroatoms. The molecule has 2 N–H and O–H groups in total. The number of rotatable bonds is 4. The fourth-order valence-corrected chi connectivity index (χ4v) is 1.78. The highest BCUT2D eigenvalue weighted by atomic mass is 16.3. The van der Waals surface area contributed by atoms with Crippen molar-refractivity contribution < 1.29 is 9.90 Å². The maximum atomic E-state index is 10.9. The van der Waals surface area contributed by atoms with Crippen LogP contribution in [0.3, 0.4) is 0 Å². The first-order chi connectivity index (χ1) is 7.11. The molecule has 0 saturated carbocycles. The van der Waals surface area contributed by atoms with Crippen LogP contribution in [0.25, 0.3) is 0 Å². The highest BCUT2D eigenvalue weighted by molar-refractivity contribution is 5.73. The van der Waals surface area contributed by atoms with Gasteiger partial charge in [-0.3, -0.25) is 9.69 Å². The van der Waals surface area contributed by atoms with E-state index in [9.17, 15) is 4.79 Å². The number of nitrogens with zero attached hydrogens (tertiary/aromatic N) is 2. The van der Waals surface area contributed by atoms with E-state index in [0.717, 1.165) is 32.7 Å². The lowest BCUT2D eigenvalue weighted by atomic mass is 10.2. The summed E-state index contributed by atoms with van der Waals surface area (Å²) < 4.78 is 0. The molecule has 0 aromatic carbocycles. The van der Waals surface area contributed by atoms with E-state index in [2.05, 4.69) is 22.2 Å². The van der Waals surface area contributed by atoms with Crippen LogP contribution < -0.4 is 5.32 Å². The molecule has 0 aromatic heterocycles. The van der Waals surface area contributed by atoms with Crippen molar-refractivity contribution in [1.82, 2.24) is 15.1 Å². The minimum atomic E-state index is -0.133. The summed E-state index contributed by atoms with van der Waals surface area (Å²) in [5, 5.41) is 11.8. The van der Waals surface area contributed by atoms with Crippen LogP contribution in [0.4, 0.5) is 0 Å². The van der Waals surface area contributed by atoms with Crippen molar-refractivity contribution in [2.45, 2.75) is 13.0 Å². The minimum Gasteiger partial charge on any atom is -0.394 e. The Morgan fingerprint density at radius 1 is 1.40 bits per heavy atom. The molecule has 0 bridgehead atoms. The van der Waals surface area contributed by atoms with Gasteiger partial charge in [0.05, 0.1) is 12.6 Å². The topological polar surface area (TPSA) is 55.8 Å². The summed E-state index contributed by atoms with van der Waals surface area (Å²) >= 11 is 0. The average molecular weight is 215 g/mol. The van der Waals surface area contributed by atoms with Crippen LogP contribution in [0.1, 0.15) is 6.92 Å². The second-order valence-corrected chi connectivity index (χ2v) is 4.18. The van der Waals surface area contributed by atoms with Gasteiger partial charge in [0.25, 0.3) is 0 Å². The van der Waals surface area contributed by atoms with E-state index in [4.69, 9.17) is 5.11 Å². The molecule has 1 fully saturated rings. The van der Waals surface area contributed by atoms with Crippen LogP contribution in [0.2, 0.25) is 0 Å². The molecule has 1 rings (SSSR count). The van der Waals surface area contributed by atoms with E-state index in [-0.39, 0.29) is 18.6 Å². The van der Waals surface area contributed by atoms with E-state index < -0.39 is 0 Å². The molecule has 0 aliphatic carbocycles. The second-order valence-electron chi connectivity index (χ2n) is 4.18. The Labute approximate surface area is 91.0 Å². The van der Waals surface area contributed by atoms with Crippen molar-refractivity contribution in [3.05, 3.63) is 0 Å². The van der Waals surface area contributed by atoms with Crippen LogP contribution in [-0.4, -0.2) is 73.2 Å². The van der Waals surface area contributed by atoms with Gasteiger partial charge in [-0.15, -0.1) is 0 Å². The second kappa shape index (κ2) is 6.05. The molecule has 1 atom stereocenters. The molecule has 5 nitrogen and oxygen atoms in total. The standard InChI is InChI=1S/C10H21N3O2/c1-9(15)11-10(8-14)7-13-5-3-12(2)4-6-13/h10,14H,3-8H2,1-2H3,(H,11,15)/t10-/m1/s1. The number of hydrogen-bond acceptors (Lipinski definition) is 4. The molecule has 1 amide bonds. The van der Waals surface area contributed by atoms with Gasteiger partial charge in [0.15, 0.2) is 0 Å². The van der Waals surface area contributed by atoms with Crippen LogP contribution >= 0.6 is 0 Å². The predicted molar refractivity (Wildman–Crippen MR) is 58.6 cm³/mol. The zero-order valence-electron chi connectivity index (χ0n) is 9.57. The van der Waals surface area contributed by atoms with Crippen molar-refractivity contribution in [2.75, 3.05) is 46.4 Å². The number of carbonyl (C=O) groups is 1. The average Bonchev–Trinajstić information content (AvgIpc) is 2.19. The maximum Gasteiger partial charge on any atom is 0.217 e. The highest BCUT2D eigenvalue weighted by Crippen LogP contribution is 2.00. The molecule has 1 heterocycles. The first-order valence-electron chi connectivity index (χ1n) is 5.40. The Balaban J connectivity index is 2.28. The van der Waals surface area contributed by atoms with Crippen molar-refractivity contribution >= 4 is 5.91 Å². The van der Waals surface area contributed by atoms with Crippen molar-refractivity contribution in [3.8, 4) is 0 Å². The quantitative estimate of drug-likeness (QED) is 0.614. The molecule has 1 aliphatic rings. The van der Waals surface area contributed by atoms with Crippen molar-refractivity contribution in [2.24, 2.45) is 0 Å². The van der Waals surface area contributed by atoms with E-state index in [0.29, 0.717) is 0 Å². The number of likely N-dealkylation sites (N-methyl/N-ethyl adjacent to an activating group) is 1. The molecule has 0 radical (unpaired) electrons. The Kier molecular flexibility index (Phi) is 5.01. The Morgan fingerprint density at radius 3 is 2.47 bits per heavy atom. The Morgan fingerprint density at radius 2 is 2.00 bits per heavy atom. The van der Waals surface area contributed by atoms with Gasteiger partial charge < -0.3 is 15.3 Å². The summed E-state index contributed by atoms with van der Waals surface area (Å²) in [6.07, 6.45) is 0. The largest absolute Gasteiger partial charge is 0.394 e. The summed E-state index contributed by atoms with van der Waals surface area (Å²) in [6.45, 7) is 6.35. The monoisotopic (exact) mass is 215 g/mol. The van der Waals surface area contributed by atoms with E-state index in [1.165, 1.54) is 6.92 Å². The first kappa shape index (κ1) is 12.4. The van der Waals surface area contributed by atoms with Gasteiger partial charge in [0.1, 0.15) is 0 Å². The van der Waals surface area contributed by atoms with Crippen LogP contribution in [0.5, 0.6) is 0 Å². The summed E-state index contributed by atoms with van der Waals surface area (Å²) in [4.78, 5) is 15.4. The fraction of sp³-hybridized carbons (Fsp3) is 0.900. The van der Waals surface area contributed by atoms with Gasteiger partial charge in [0.2, 0.25) is 5.91 Å². The van der Waals surface area contributed by atoms with Crippen LogP contribution in [0.15, 0.2) is 0 Å². The molecule has 15 heavy (non-hydrogen) atoms. The number of amides is 1. The Bertz CT molecular complexity index is 203. The molecule has 0 aromatic rings. The number of nitrogens with one attached hydrogen (secondary N) is 1. The zero-order valence-corrected chi connectivity index (χ0v) is 9.57. The van der Waals surface area contributed by atoms with E-state index in [1.54, 1.807) is 0 Å². The lowest BCUT2D eigenvalue weighted by Gasteiger charge is -2.34. The van der Waals surface area contributed by atoms with Gasteiger partial charge >= 0.3 is 0 Å².